The Bertz CT molecular complexity index is 1280. The van der Waals surface area contributed by atoms with Crippen LogP contribution in [0.4, 0.5) is 19.0 Å². The van der Waals surface area contributed by atoms with E-state index >= 15 is 0 Å². The minimum Gasteiger partial charge on any atom is -0.361 e. The average Bonchev–Trinajstić information content (AvgIpc) is 3.54. The fraction of sp³-hybridized carbons (Fsp3) is 0.429. The van der Waals surface area contributed by atoms with Crippen molar-refractivity contribution in [1.82, 2.24) is 25.1 Å². The fourth-order valence-corrected chi connectivity index (χ4v) is 4.32. The first-order chi connectivity index (χ1) is 17.8. The van der Waals surface area contributed by atoms with Crippen LogP contribution >= 0.6 is 0 Å². The van der Waals surface area contributed by atoms with E-state index in [1.54, 1.807) is 0 Å². The fourth-order valence-electron chi connectivity index (χ4n) is 4.32. The zero-order valence-electron chi connectivity index (χ0n) is 22.3. The topological polar surface area (TPSA) is 63.8 Å². The number of pyridine rings is 1. The molecule has 1 aliphatic heterocycles. The van der Waals surface area contributed by atoms with E-state index < -0.39 is 11.7 Å². The van der Waals surface area contributed by atoms with E-state index in [0.29, 0.717) is 18.9 Å². The molecule has 3 aromatic heterocycles. The normalized spacial score (nSPS) is 16.2. The molecular formula is C28H37F3N6. The van der Waals surface area contributed by atoms with E-state index in [-0.39, 0.29) is 0 Å². The number of allylic oxidation sites excluding steroid dienone is 2. The van der Waals surface area contributed by atoms with Gasteiger partial charge in [-0.25, -0.2) is 4.98 Å². The van der Waals surface area contributed by atoms with Crippen LogP contribution in [0.2, 0.25) is 0 Å². The number of alkyl halides is 3. The van der Waals surface area contributed by atoms with Gasteiger partial charge in [-0.2, -0.15) is 18.3 Å². The first-order valence-electron chi connectivity index (χ1n) is 12.8. The lowest BCUT2D eigenvalue weighted by Gasteiger charge is -2.35. The van der Waals surface area contributed by atoms with Crippen molar-refractivity contribution in [3.05, 3.63) is 64.6 Å². The predicted molar refractivity (Wildman–Crippen MR) is 144 cm³/mol. The molecule has 0 saturated carbocycles. The second-order valence-corrected chi connectivity index (χ2v) is 8.75. The number of halogens is 3. The number of H-pyrrole nitrogens is 2. The largest absolute Gasteiger partial charge is 0.417 e. The van der Waals surface area contributed by atoms with E-state index in [9.17, 15) is 13.2 Å². The van der Waals surface area contributed by atoms with Gasteiger partial charge in [0.1, 0.15) is 5.82 Å². The number of anilines is 1. The van der Waals surface area contributed by atoms with Gasteiger partial charge in [-0.1, -0.05) is 39.0 Å². The van der Waals surface area contributed by atoms with Gasteiger partial charge in [0.15, 0.2) is 0 Å². The molecule has 0 unspecified atom stereocenters. The number of nitrogens with one attached hydrogen (secondary N) is 2. The second kappa shape index (κ2) is 12.8. The molecule has 0 aliphatic carbocycles. The van der Waals surface area contributed by atoms with Crippen molar-refractivity contribution >= 4 is 17.5 Å². The summed E-state index contributed by atoms with van der Waals surface area (Å²) in [7, 11) is 0. The molecule has 0 aromatic carbocycles. The highest BCUT2D eigenvalue weighted by Gasteiger charge is 2.31. The van der Waals surface area contributed by atoms with Crippen LogP contribution in [0, 0.1) is 0 Å². The summed E-state index contributed by atoms with van der Waals surface area (Å²) >= 11 is 0. The molecule has 4 heterocycles. The number of hydrogen-bond acceptors (Lipinski definition) is 4. The first-order valence-corrected chi connectivity index (χ1v) is 12.8. The van der Waals surface area contributed by atoms with E-state index in [1.165, 1.54) is 11.6 Å². The molecule has 1 aliphatic rings. The summed E-state index contributed by atoms with van der Waals surface area (Å²) in [5, 5.41) is 9.80. The van der Waals surface area contributed by atoms with Crippen molar-refractivity contribution in [1.29, 1.82) is 0 Å². The van der Waals surface area contributed by atoms with Crippen molar-refractivity contribution in [2.24, 2.45) is 0 Å². The van der Waals surface area contributed by atoms with Crippen LogP contribution in [-0.2, 0) is 12.7 Å². The van der Waals surface area contributed by atoms with Crippen LogP contribution < -0.4 is 15.5 Å². The van der Waals surface area contributed by atoms with Crippen LogP contribution in [0.25, 0.3) is 22.9 Å². The van der Waals surface area contributed by atoms with Gasteiger partial charge >= 0.3 is 6.18 Å². The lowest BCUT2D eigenvalue weighted by atomic mass is 10.1. The van der Waals surface area contributed by atoms with Gasteiger partial charge in [0.05, 0.1) is 17.5 Å². The van der Waals surface area contributed by atoms with Gasteiger partial charge in [-0.3, -0.25) is 10.00 Å². The highest BCUT2D eigenvalue weighted by molar-refractivity contribution is 5.66. The predicted octanol–water partition coefficient (Wildman–Crippen LogP) is 5.10. The lowest BCUT2D eigenvalue weighted by Crippen LogP contribution is -2.46. The maximum Gasteiger partial charge on any atom is 0.417 e. The lowest BCUT2D eigenvalue weighted by molar-refractivity contribution is -0.137. The van der Waals surface area contributed by atoms with Crippen molar-refractivity contribution in [2.75, 3.05) is 31.1 Å². The molecule has 4 rings (SSSR count). The zero-order chi connectivity index (χ0) is 27.0. The molecule has 37 heavy (non-hydrogen) atoms. The monoisotopic (exact) mass is 514 g/mol. The SMILES string of the molecule is CC.C\C=C/C=c1/c(-c2[nH]ncc2CN2CCN(c3ccc(C(F)(F)F)cn3)CC2)c[nH]/c1=C(/C)CC. The van der Waals surface area contributed by atoms with Crippen molar-refractivity contribution in [3.63, 3.8) is 0 Å². The number of rotatable bonds is 6. The number of piperazine rings is 1. The summed E-state index contributed by atoms with van der Waals surface area (Å²) in [5.74, 6) is 0.577. The highest BCUT2D eigenvalue weighted by atomic mass is 19.4. The van der Waals surface area contributed by atoms with Crippen LogP contribution in [0.5, 0.6) is 0 Å². The smallest absolute Gasteiger partial charge is 0.361 e. The van der Waals surface area contributed by atoms with Gasteiger partial charge in [0.2, 0.25) is 0 Å². The Morgan fingerprint density at radius 3 is 2.43 bits per heavy atom. The van der Waals surface area contributed by atoms with E-state index in [2.05, 4.69) is 45.0 Å². The number of hydrogen-bond donors (Lipinski definition) is 2. The molecular weight excluding hydrogens is 477 g/mol. The third-order valence-electron chi connectivity index (χ3n) is 6.49. The van der Waals surface area contributed by atoms with Crippen molar-refractivity contribution in [3.8, 4) is 11.3 Å². The van der Waals surface area contributed by atoms with Crippen molar-refractivity contribution < 1.29 is 13.2 Å². The summed E-state index contributed by atoms with van der Waals surface area (Å²) in [5.41, 5.74) is 3.77. The molecule has 3 aromatic rings. The van der Waals surface area contributed by atoms with E-state index in [1.807, 2.05) is 50.2 Å². The van der Waals surface area contributed by atoms with E-state index in [0.717, 1.165) is 65.7 Å². The quantitative estimate of drug-likeness (QED) is 0.480. The van der Waals surface area contributed by atoms with Gasteiger partial charge < -0.3 is 9.88 Å². The molecule has 6 nitrogen and oxygen atoms in total. The van der Waals surface area contributed by atoms with Crippen LogP contribution in [-0.4, -0.2) is 51.2 Å². The van der Waals surface area contributed by atoms with Crippen molar-refractivity contribution in [2.45, 2.75) is 53.8 Å². The van der Waals surface area contributed by atoms with Crippen LogP contribution in [0.15, 0.2) is 42.9 Å². The second-order valence-electron chi connectivity index (χ2n) is 8.75. The molecule has 1 saturated heterocycles. The van der Waals surface area contributed by atoms with E-state index in [4.69, 9.17) is 0 Å². The molecule has 0 spiro atoms. The number of nitrogens with zero attached hydrogens (tertiary/aromatic N) is 4. The van der Waals surface area contributed by atoms with Gasteiger partial charge in [0, 0.05) is 66.8 Å². The summed E-state index contributed by atoms with van der Waals surface area (Å²) in [6.07, 6.45) is 7.60. The first kappa shape index (κ1) is 28.2. The molecule has 200 valence electrons. The Morgan fingerprint density at radius 1 is 1.11 bits per heavy atom. The molecule has 0 radical (unpaired) electrons. The molecule has 0 bridgehead atoms. The van der Waals surface area contributed by atoms with Crippen LogP contribution in [0.3, 0.4) is 0 Å². The maximum absolute atomic E-state index is 12.8. The Morgan fingerprint density at radius 2 is 1.84 bits per heavy atom. The third kappa shape index (κ3) is 6.71. The maximum atomic E-state index is 12.8. The van der Waals surface area contributed by atoms with Gasteiger partial charge in [-0.05, 0) is 38.0 Å². The minimum atomic E-state index is -4.37. The summed E-state index contributed by atoms with van der Waals surface area (Å²) in [4.78, 5) is 11.8. The Kier molecular flexibility index (Phi) is 9.74. The minimum absolute atomic E-state index is 0.577. The molecule has 9 heteroatoms. The zero-order valence-corrected chi connectivity index (χ0v) is 22.3. The standard InChI is InChI=1S/C26H31F3N6.C2H6/c1-4-6-7-21-22(16-31-24(21)18(3)5-2)25-19(14-32-33-25)17-34-10-12-35(13-11-34)23-9-8-20(15-30-23)26(27,28)29;1-2/h4,6-9,14-16,31H,5,10-13,17H2,1-3H3,(H,32,33);1-2H3/b6-4-,21-7-,24-18-;. The summed E-state index contributed by atoms with van der Waals surface area (Å²) in [6, 6.07) is 2.55. The van der Waals surface area contributed by atoms with Crippen LogP contribution in [0.1, 0.15) is 52.2 Å². The Labute approximate surface area is 216 Å². The number of aromatic nitrogens is 4. The number of aromatic amines is 2. The molecule has 0 atom stereocenters. The highest BCUT2D eigenvalue weighted by Crippen LogP contribution is 2.29. The average molecular weight is 515 g/mol. The third-order valence-corrected chi connectivity index (χ3v) is 6.49. The van der Waals surface area contributed by atoms with Gasteiger partial charge in [-0.15, -0.1) is 0 Å². The Hall–Kier alpha value is -3.33. The molecule has 2 N–H and O–H groups in total. The molecule has 1 fully saturated rings. The summed E-state index contributed by atoms with van der Waals surface area (Å²) < 4.78 is 38.5. The molecule has 0 amide bonds. The summed E-state index contributed by atoms with van der Waals surface area (Å²) in [6.45, 7) is 14.0. The Balaban J connectivity index is 0.00000186. The van der Waals surface area contributed by atoms with Gasteiger partial charge in [0.25, 0.3) is 0 Å².